The van der Waals surface area contributed by atoms with E-state index in [1.807, 2.05) is 0 Å². The highest BCUT2D eigenvalue weighted by atomic mass is 32.1. The van der Waals surface area contributed by atoms with Crippen LogP contribution in [0, 0.1) is 4.77 Å². The largest absolute Gasteiger partial charge is 0.385 e. The molecule has 7 heteroatoms. The van der Waals surface area contributed by atoms with Gasteiger partial charge in [0.05, 0.1) is 10.9 Å². The van der Waals surface area contributed by atoms with Gasteiger partial charge in [-0.1, -0.05) is 12.2 Å². The maximum atomic E-state index is 12.7. The summed E-state index contributed by atoms with van der Waals surface area (Å²) in [5.74, 6) is -0.157. The Morgan fingerprint density at radius 2 is 2.04 bits per heavy atom. The highest BCUT2D eigenvalue weighted by Crippen LogP contribution is 2.13. The normalized spacial score (nSPS) is 10.7. The van der Waals surface area contributed by atoms with Gasteiger partial charge in [-0.2, -0.15) is 0 Å². The molecule has 1 amide bonds. The minimum atomic E-state index is -0.173. The number of amides is 1. The van der Waals surface area contributed by atoms with Gasteiger partial charge in [0, 0.05) is 38.9 Å². The highest BCUT2D eigenvalue weighted by molar-refractivity contribution is 7.71. The van der Waals surface area contributed by atoms with Gasteiger partial charge >= 0.3 is 0 Å². The second-order valence-corrected chi connectivity index (χ2v) is 6.17. The van der Waals surface area contributed by atoms with Gasteiger partial charge < -0.3 is 14.6 Å². The molecule has 6 nitrogen and oxygen atoms in total. The lowest BCUT2D eigenvalue weighted by Gasteiger charge is -2.19. The van der Waals surface area contributed by atoms with Crippen LogP contribution in [0.25, 0.3) is 10.9 Å². The fourth-order valence-electron chi connectivity index (χ4n) is 2.69. The van der Waals surface area contributed by atoms with Gasteiger partial charge in [0.1, 0.15) is 0 Å². The van der Waals surface area contributed by atoms with Crippen molar-refractivity contribution in [1.29, 1.82) is 0 Å². The molecule has 0 spiro atoms. The van der Waals surface area contributed by atoms with Crippen LogP contribution in [0.4, 0.5) is 0 Å². The van der Waals surface area contributed by atoms with E-state index in [0.717, 1.165) is 0 Å². The van der Waals surface area contributed by atoms with Crippen LogP contribution in [0.5, 0.6) is 0 Å². The summed E-state index contributed by atoms with van der Waals surface area (Å²) in [4.78, 5) is 30.0. The Bertz CT molecular complexity index is 920. The highest BCUT2D eigenvalue weighted by Gasteiger charge is 2.15. The third-order valence-corrected chi connectivity index (χ3v) is 4.27. The summed E-state index contributed by atoms with van der Waals surface area (Å²) < 4.78 is 6.86. The van der Waals surface area contributed by atoms with Gasteiger partial charge in [-0.25, -0.2) is 0 Å². The van der Waals surface area contributed by atoms with Gasteiger partial charge in [0.15, 0.2) is 4.77 Å². The molecular weight excluding hydrogens is 350 g/mol. The van der Waals surface area contributed by atoms with Crippen molar-refractivity contribution >= 4 is 29.0 Å². The van der Waals surface area contributed by atoms with Gasteiger partial charge in [0.2, 0.25) is 0 Å². The van der Waals surface area contributed by atoms with Crippen LogP contribution in [0.1, 0.15) is 16.8 Å². The molecular formula is C19H23N3O3S. The van der Waals surface area contributed by atoms with E-state index >= 15 is 0 Å². The monoisotopic (exact) mass is 373 g/mol. The van der Waals surface area contributed by atoms with E-state index in [1.54, 1.807) is 42.4 Å². The molecule has 0 aliphatic heterocycles. The zero-order chi connectivity index (χ0) is 19.1. The smallest absolute Gasteiger partial charge is 0.262 e. The maximum absolute atomic E-state index is 12.7. The number of methoxy groups -OCH3 is 1. The van der Waals surface area contributed by atoms with Crippen LogP contribution in [-0.4, -0.2) is 47.2 Å². The number of nitrogens with one attached hydrogen (secondary N) is 1. The first-order valence-electron chi connectivity index (χ1n) is 8.30. The molecule has 1 aromatic carbocycles. The molecule has 2 rings (SSSR count). The molecule has 138 valence electrons. The molecule has 0 unspecified atom stereocenters. The first kappa shape index (κ1) is 19.8. The summed E-state index contributed by atoms with van der Waals surface area (Å²) in [7, 11) is 1.62. The quantitative estimate of drug-likeness (QED) is 0.417. The average molecular weight is 373 g/mol. The number of benzene rings is 1. The maximum Gasteiger partial charge on any atom is 0.262 e. The number of carbonyl (C=O) groups excluding carboxylic acids is 1. The van der Waals surface area contributed by atoms with Crippen molar-refractivity contribution in [1.82, 2.24) is 14.5 Å². The number of carbonyl (C=O) groups is 1. The van der Waals surface area contributed by atoms with Crippen LogP contribution < -0.4 is 5.56 Å². The summed E-state index contributed by atoms with van der Waals surface area (Å²) in [6.45, 7) is 9.20. The van der Waals surface area contributed by atoms with Crippen molar-refractivity contribution in [3.05, 3.63) is 64.2 Å². The summed E-state index contributed by atoms with van der Waals surface area (Å²) >= 11 is 5.31. The Morgan fingerprint density at radius 3 is 2.65 bits per heavy atom. The second kappa shape index (κ2) is 9.26. The summed E-state index contributed by atoms with van der Waals surface area (Å²) in [6.07, 6.45) is 4.01. The SMILES string of the molecule is C=CCN(CC=C)C(=O)c1ccc2c(=O)n(CCCOC)c(=S)[nH]c2c1. The molecule has 1 heterocycles. The van der Waals surface area contributed by atoms with Crippen molar-refractivity contribution in [3.8, 4) is 0 Å². The number of rotatable bonds is 9. The summed E-state index contributed by atoms with van der Waals surface area (Å²) in [6, 6.07) is 4.97. The van der Waals surface area contributed by atoms with Crippen molar-refractivity contribution in [2.24, 2.45) is 0 Å². The number of hydrogen-bond acceptors (Lipinski definition) is 4. The van der Waals surface area contributed by atoms with Gasteiger partial charge in [-0.15, -0.1) is 13.2 Å². The molecule has 26 heavy (non-hydrogen) atoms. The first-order chi connectivity index (χ1) is 12.5. The number of hydrogen-bond donors (Lipinski definition) is 1. The molecule has 0 saturated heterocycles. The fraction of sp³-hybridized carbons (Fsp3) is 0.316. The van der Waals surface area contributed by atoms with Crippen molar-refractivity contribution in [2.75, 3.05) is 26.8 Å². The van der Waals surface area contributed by atoms with Gasteiger partial charge in [-0.3, -0.25) is 14.2 Å². The minimum absolute atomic E-state index is 0.157. The topological polar surface area (TPSA) is 67.3 Å². The van der Waals surface area contributed by atoms with Crippen LogP contribution in [0.2, 0.25) is 0 Å². The molecule has 0 fully saturated rings. The standard InChI is InChI=1S/C19H23N3O3S/c1-4-9-21(10-5-2)17(23)14-7-8-15-16(13-14)20-19(26)22(18(15)24)11-6-12-25-3/h4-5,7-8,13H,1-2,6,9-12H2,3H3,(H,20,26). The van der Waals surface area contributed by atoms with E-state index in [0.29, 0.717) is 53.9 Å². The lowest BCUT2D eigenvalue weighted by atomic mass is 10.1. The molecule has 0 aliphatic carbocycles. The van der Waals surface area contributed by atoms with Crippen LogP contribution in [0.15, 0.2) is 48.3 Å². The summed E-state index contributed by atoms with van der Waals surface area (Å²) in [5.41, 5.74) is 0.849. The Morgan fingerprint density at radius 1 is 1.35 bits per heavy atom. The van der Waals surface area contributed by atoms with E-state index in [2.05, 4.69) is 18.1 Å². The van der Waals surface area contributed by atoms with Gasteiger partial charge in [-0.05, 0) is 36.8 Å². The molecule has 0 bridgehead atoms. The molecule has 1 aromatic heterocycles. The second-order valence-electron chi connectivity index (χ2n) is 5.78. The average Bonchev–Trinajstić information content (AvgIpc) is 2.63. The van der Waals surface area contributed by atoms with Crippen LogP contribution >= 0.6 is 12.2 Å². The van der Waals surface area contributed by atoms with E-state index in [4.69, 9.17) is 17.0 Å². The van der Waals surface area contributed by atoms with E-state index < -0.39 is 0 Å². The zero-order valence-electron chi connectivity index (χ0n) is 14.9. The Labute approximate surface area is 157 Å². The number of fused-ring (bicyclic) bond motifs is 1. The van der Waals surface area contributed by atoms with Crippen molar-refractivity contribution < 1.29 is 9.53 Å². The van der Waals surface area contributed by atoms with Crippen LogP contribution in [0.3, 0.4) is 0 Å². The van der Waals surface area contributed by atoms with E-state index in [9.17, 15) is 9.59 Å². The first-order valence-corrected chi connectivity index (χ1v) is 8.71. The molecule has 0 atom stereocenters. The lowest BCUT2D eigenvalue weighted by molar-refractivity contribution is 0.0791. The van der Waals surface area contributed by atoms with Crippen molar-refractivity contribution in [2.45, 2.75) is 13.0 Å². The molecule has 2 aromatic rings. The Balaban J connectivity index is 2.42. The number of nitrogens with zero attached hydrogens (tertiary/aromatic N) is 2. The number of aromatic amines is 1. The van der Waals surface area contributed by atoms with E-state index in [1.165, 1.54) is 4.57 Å². The fourth-order valence-corrected chi connectivity index (χ4v) is 2.98. The van der Waals surface area contributed by atoms with Crippen LogP contribution in [-0.2, 0) is 11.3 Å². The third-order valence-electron chi connectivity index (χ3n) is 3.95. The predicted molar refractivity (Wildman–Crippen MR) is 106 cm³/mol. The van der Waals surface area contributed by atoms with Crippen molar-refractivity contribution in [3.63, 3.8) is 0 Å². The molecule has 0 radical (unpaired) electrons. The molecule has 0 saturated carbocycles. The van der Waals surface area contributed by atoms with E-state index in [-0.39, 0.29) is 11.5 Å². The zero-order valence-corrected chi connectivity index (χ0v) is 15.7. The molecule has 0 aliphatic rings. The lowest BCUT2D eigenvalue weighted by Crippen LogP contribution is -2.31. The Kier molecular flexibility index (Phi) is 7.06. The minimum Gasteiger partial charge on any atom is -0.385 e. The molecule has 1 N–H and O–H groups in total. The number of aromatic nitrogens is 2. The number of ether oxygens (including phenoxy) is 1. The van der Waals surface area contributed by atoms with Gasteiger partial charge in [0.25, 0.3) is 11.5 Å². The summed E-state index contributed by atoms with van der Waals surface area (Å²) in [5, 5.41) is 0.492. The predicted octanol–water partition coefficient (Wildman–Crippen LogP) is 2.91. The number of H-pyrrole nitrogens is 1. The third kappa shape index (κ3) is 4.36. The Hall–Kier alpha value is -2.51.